The van der Waals surface area contributed by atoms with Gasteiger partial charge in [-0.25, -0.2) is 0 Å². The van der Waals surface area contributed by atoms with Gasteiger partial charge in [-0.1, -0.05) is 23.8 Å². The highest BCUT2D eigenvalue weighted by Crippen LogP contribution is 2.27. The molecule has 0 aromatic heterocycles. The van der Waals surface area contributed by atoms with Crippen molar-refractivity contribution in [1.29, 1.82) is 0 Å². The molecule has 0 radical (unpaired) electrons. The molecule has 1 aliphatic heterocycles. The molecule has 1 heterocycles. The van der Waals surface area contributed by atoms with Crippen molar-refractivity contribution in [1.82, 2.24) is 0 Å². The molecule has 1 aliphatic rings. The van der Waals surface area contributed by atoms with Crippen LogP contribution in [0.15, 0.2) is 18.2 Å². The zero-order chi connectivity index (χ0) is 13.1. The fourth-order valence-electron chi connectivity index (χ4n) is 1.96. The Morgan fingerprint density at radius 2 is 2.33 bits per heavy atom. The van der Waals surface area contributed by atoms with Gasteiger partial charge in [-0.05, 0) is 38.0 Å². The van der Waals surface area contributed by atoms with E-state index in [0.29, 0.717) is 28.5 Å². The molecule has 18 heavy (non-hydrogen) atoms. The Kier molecular flexibility index (Phi) is 4.43. The minimum atomic E-state index is 0.159. The fourth-order valence-corrected chi connectivity index (χ4v) is 2.32. The van der Waals surface area contributed by atoms with Crippen LogP contribution >= 0.6 is 23.8 Å². The Labute approximate surface area is 117 Å². The second-order valence-electron chi connectivity index (χ2n) is 4.47. The summed E-state index contributed by atoms with van der Waals surface area (Å²) in [6, 6.07) is 5.31. The van der Waals surface area contributed by atoms with Gasteiger partial charge < -0.3 is 15.2 Å². The van der Waals surface area contributed by atoms with Gasteiger partial charge in [0, 0.05) is 5.56 Å². The zero-order valence-corrected chi connectivity index (χ0v) is 11.8. The van der Waals surface area contributed by atoms with E-state index < -0.39 is 0 Å². The van der Waals surface area contributed by atoms with Crippen molar-refractivity contribution in [3.63, 3.8) is 0 Å². The molecular weight excluding hydrogens is 270 g/mol. The van der Waals surface area contributed by atoms with Crippen LogP contribution in [0.3, 0.4) is 0 Å². The molecule has 0 bridgehead atoms. The molecule has 0 amide bonds. The highest BCUT2D eigenvalue weighted by atomic mass is 35.5. The standard InChI is InChI=1S/C13H16ClNO2S/c1-8-2-4-10(17-8)7-16-12-5-3-9(13(15)18)6-11(12)14/h3,5-6,8,10H,2,4,7H2,1H3,(H2,15,18). The molecule has 3 nitrogen and oxygen atoms in total. The van der Waals surface area contributed by atoms with Gasteiger partial charge in [0.05, 0.1) is 17.2 Å². The highest BCUT2D eigenvalue weighted by molar-refractivity contribution is 7.80. The van der Waals surface area contributed by atoms with Crippen molar-refractivity contribution < 1.29 is 9.47 Å². The van der Waals surface area contributed by atoms with Crippen LogP contribution < -0.4 is 10.5 Å². The lowest BCUT2D eigenvalue weighted by Gasteiger charge is -2.14. The van der Waals surface area contributed by atoms with E-state index in [1.54, 1.807) is 12.1 Å². The average Bonchev–Trinajstić information content (AvgIpc) is 2.73. The molecule has 1 fully saturated rings. The lowest BCUT2D eigenvalue weighted by molar-refractivity contribution is 0.0265. The normalized spacial score (nSPS) is 23.0. The minimum absolute atomic E-state index is 0.159. The fraction of sp³-hybridized carbons (Fsp3) is 0.462. The van der Waals surface area contributed by atoms with Crippen LogP contribution in [0.25, 0.3) is 0 Å². The number of thiocarbonyl (C=S) groups is 1. The summed E-state index contributed by atoms with van der Waals surface area (Å²) in [6.07, 6.45) is 2.60. The van der Waals surface area contributed by atoms with E-state index in [9.17, 15) is 0 Å². The third-order valence-corrected chi connectivity index (χ3v) is 3.49. The Hall–Kier alpha value is -0.840. The molecule has 2 unspecified atom stereocenters. The maximum atomic E-state index is 6.11. The molecule has 2 rings (SSSR count). The SMILES string of the molecule is CC1CCC(COc2ccc(C(N)=S)cc2Cl)O1. The van der Waals surface area contributed by atoms with Gasteiger partial charge in [0.25, 0.3) is 0 Å². The number of ether oxygens (including phenoxy) is 2. The molecule has 1 saturated heterocycles. The summed E-state index contributed by atoms with van der Waals surface area (Å²) in [5.41, 5.74) is 6.28. The van der Waals surface area contributed by atoms with E-state index in [1.807, 2.05) is 6.07 Å². The van der Waals surface area contributed by atoms with Crippen molar-refractivity contribution >= 4 is 28.8 Å². The van der Waals surface area contributed by atoms with E-state index in [4.69, 9.17) is 39.0 Å². The first kappa shape index (κ1) is 13.6. The van der Waals surface area contributed by atoms with E-state index >= 15 is 0 Å². The van der Waals surface area contributed by atoms with Gasteiger partial charge >= 0.3 is 0 Å². The van der Waals surface area contributed by atoms with E-state index in [2.05, 4.69) is 6.92 Å². The largest absolute Gasteiger partial charge is 0.489 e. The molecular formula is C13H16ClNO2S. The number of benzene rings is 1. The smallest absolute Gasteiger partial charge is 0.138 e. The summed E-state index contributed by atoms with van der Waals surface area (Å²) in [5, 5.41) is 0.520. The molecule has 2 N–H and O–H groups in total. The second-order valence-corrected chi connectivity index (χ2v) is 5.31. The van der Waals surface area contributed by atoms with Crippen LogP contribution in [0.1, 0.15) is 25.3 Å². The number of hydrogen-bond donors (Lipinski definition) is 1. The van der Waals surface area contributed by atoms with Crippen LogP contribution in [0.2, 0.25) is 5.02 Å². The van der Waals surface area contributed by atoms with Crippen molar-refractivity contribution in [3.8, 4) is 5.75 Å². The number of rotatable bonds is 4. The van der Waals surface area contributed by atoms with Gasteiger partial charge in [0.2, 0.25) is 0 Å². The van der Waals surface area contributed by atoms with Gasteiger partial charge in [0.1, 0.15) is 17.3 Å². The summed E-state index contributed by atoms with van der Waals surface area (Å²) in [6.45, 7) is 2.60. The van der Waals surface area contributed by atoms with Crippen LogP contribution in [0, 0.1) is 0 Å². The molecule has 0 aliphatic carbocycles. The summed E-state index contributed by atoms with van der Waals surface area (Å²) >= 11 is 11.0. The number of hydrogen-bond acceptors (Lipinski definition) is 3. The van der Waals surface area contributed by atoms with Crippen molar-refractivity contribution in [3.05, 3.63) is 28.8 Å². The molecule has 0 saturated carbocycles. The maximum Gasteiger partial charge on any atom is 0.138 e. The molecule has 2 atom stereocenters. The van der Waals surface area contributed by atoms with Crippen LogP contribution in [0.4, 0.5) is 0 Å². The Balaban J connectivity index is 1.95. The summed E-state index contributed by atoms with van der Waals surface area (Å²) in [7, 11) is 0. The number of halogens is 1. The molecule has 98 valence electrons. The van der Waals surface area contributed by atoms with Crippen LogP contribution in [-0.4, -0.2) is 23.8 Å². The summed E-state index contributed by atoms with van der Waals surface area (Å²) in [5.74, 6) is 0.639. The van der Waals surface area contributed by atoms with Crippen LogP contribution in [-0.2, 0) is 4.74 Å². The average molecular weight is 286 g/mol. The molecule has 1 aromatic rings. The molecule has 0 spiro atoms. The van der Waals surface area contributed by atoms with Gasteiger partial charge in [-0.3, -0.25) is 0 Å². The monoisotopic (exact) mass is 285 g/mol. The quantitative estimate of drug-likeness (QED) is 0.864. The lowest BCUT2D eigenvalue weighted by Crippen LogP contribution is -2.18. The summed E-state index contributed by atoms with van der Waals surface area (Å²) < 4.78 is 11.3. The molecule has 1 aromatic carbocycles. The summed E-state index contributed by atoms with van der Waals surface area (Å²) in [4.78, 5) is 0.330. The highest BCUT2D eigenvalue weighted by Gasteiger charge is 2.22. The van der Waals surface area contributed by atoms with Gasteiger partial charge in [0.15, 0.2) is 0 Å². The van der Waals surface area contributed by atoms with Gasteiger partial charge in [-0.2, -0.15) is 0 Å². The Morgan fingerprint density at radius 1 is 1.56 bits per heavy atom. The predicted octanol–water partition coefficient (Wildman–Crippen LogP) is 2.92. The zero-order valence-electron chi connectivity index (χ0n) is 10.2. The Bertz CT molecular complexity index is 453. The third kappa shape index (κ3) is 3.34. The Morgan fingerprint density at radius 3 is 2.89 bits per heavy atom. The second kappa shape index (κ2) is 5.87. The first-order valence-corrected chi connectivity index (χ1v) is 6.72. The lowest BCUT2D eigenvalue weighted by atomic mass is 10.2. The van der Waals surface area contributed by atoms with E-state index in [0.717, 1.165) is 18.4 Å². The first-order valence-electron chi connectivity index (χ1n) is 5.94. The predicted molar refractivity (Wildman–Crippen MR) is 76.4 cm³/mol. The topological polar surface area (TPSA) is 44.5 Å². The molecule has 5 heteroatoms. The maximum absolute atomic E-state index is 6.11. The number of nitrogens with two attached hydrogens (primary N) is 1. The van der Waals surface area contributed by atoms with Crippen molar-refractivity contribution in [2.45, 2.75) is 32.0 Å². The van der Waals surface area contributed by atoms with Crippen LogP contribution in [0.5, 0.6) is 5.75 Å². The van der Waals surface area contributed by atoms with E-state index in [1.165, 1.54) is 0 Å². The van der Waals surface area contributed by atoms with Crippen molar-refractivity contribution in [2.24, 2.45) is 5.73 Å². The minimum Gasteiger partial charge on any atom is -0.489 e. The van der Waals surface area contributed by atoms with Gasteiger partial charge in [-0.15, -0.1) is 0 Å². The third-order valence-electron chi connectivity index (χ3n) is 2.96. The first-order chi connectivity index (χ1) is 8.56. The van der Waals surface area contributed by atoms with Crippen molar-refractivity contribution in [2.75, 3.05) is 6.61 Å². The van der Waals surface area contributed by atoms with E-state index in [-0.39, 0.29) is 6.10 Å².